The molecule has 5 heteroatoms. The van der Waals surface area contributed by atoms with Gasteiger partial charge in [0.05, 0.1) is 0 Å². The minimum atomic E-state index is -3.53. The highest BCUT2D eigenvalue weighted by Crippen LogP contribution is 2.43. The highest BCUT2D eigenvalue weighted by Gasteiger charge is 2.44. The van der Waals surface area contributed by atoms with E-state index in [2.05, 4.69) is 9.47 Å². The number of carbonyl (C=O) groups excluding carboxylic acids is 1. The molecule has 1 heterocycles. The van der Waals surface area contributed by atoms with Crippen LogP contribution in [0.1, 0.15) is 96.0 Å². The molecule has 0 aliphatic carbocycles. The molecule has 0 fully saturated rings. The van der Waals surface area contributed by atoms with E-state index < -0.39 is 6.29 Å². The lowest BCUT2D eigenvalue weighted by molar-refractivity contribution is -0.286. The van der Waals surface area contributed by atoms with E-state index in [1.165, 1.54) is 63.9 Å². The Morgan fingerprint density at radius 3 is 1.93 bits per heavy atom. The van der Waals surface area contributed by atoms with Gasteiger partial charge in [-0.3, -0.25) is 0 Å². The minimum absolute atomic E-state index is 0.140. The number of unbranched alkanes of at least 4 members (excludes halogenated alkanes) is 11. The molecule has 0 atom stereocenters. The summed E-state index contributed by atoms with van der Waals surface area (Å²) in [5.74, 6) is 0.645. The fourth-order valence-electron chi connectivity index (χ4n) is 3.68. The summed E-state index contributed by atoms with van der Waals surface area (Å²) in [6, 6.07) is 5.10. The Morgan fingerprint density at radius 2 is 1.36 bits per heavy atom. The maximum absolute atomic E-state index is 13.2. The van der Waals surface area contributed by atoms with Crippen molar-refractivity contribution in [3.05, 3.63) is 23.8 Å². The third-order valence-corrected chi connectivity index (χ3v) is 5.24. The molecule has 0 N–H and O–H groups in total. The molecule has 1 aliphatic heterocycles. The summed E-state index contributed by atoms with van der Waals surface area (Å²) in [4.78, 5) is 10.8. The van der Waals surface area contributed by atoms with Gasteiger partial charge in [0.25, 0.3) is 0 Å². The van der Waals surface area contributed by atoms with Crippen molar-refractivity contribution < 1.29 is 23.0 Å². The average molecular weight is 397 g/mol. The Morgan fingerprint density at radius 1 is 0.821 bits per heavy atom. The third kappa shape index (κ3) is 8.57. The highest BCUT2D eigenvalue weighted by atomic mass is 19.3. The first-order chi connectivity index (χ1) is 13.5. The molecule has 1 aromatic carbocycles. The monoisotopic (exact) mass is 396 g/mol. The van der Waals surface area contributed by atoms with E-state index in [4.69, 9.17) is 0 Å². The average Bonchev–Trinajstić information content (AvgIpc) is 2.96. The molecule has 2 rings (SSSR count). The molecule has 0 spiro atoms. The lowest BCUT2D eigenvalue weighted by Gasteiger charge is -2.07. The summed E-state index contributed by atoms with van der Waals surface area (Å²) in [7, 11) is 0. The van der Waals surface area contributed by atoms with Crippen molar-refractivity contribution in [2.24, 2.45) is 0 Å². The molecule has 0 radical (unpaired) electrons. The zero-order valence-electron chi connectivity index (χ0n) is 17.1. The standard InChI is InChI=1S/C23H34F2O3/c1-19(26)15-12-10-8-6-4-2-3-5-7-9-11-13-16-20-17-14-18-21-22(20)28-23(24,25)27-21/h14,17-18H,2-13,15-16H2,1H3. The fourth-order valence-corrected chi connectivity index (χ4v) is 3.68. The predicted octanol–water partition coefficient (Wildman–Crippen LogP) is 7.21. The van der Waals surface area contributed by atoms with Gasteiger partial charge in [0.2, 0.25) is 0 Å². The number of ketones is 1. The van der Waals surface area contributed by atoms with Gasteiger partial charge in [0.15, 0.2) is 11.5 Å². The Balaban J connectivity index is 1.42. The summed E-state index contributed by atoms with van der Waals surface area (Å²) in [5.41, 5.74) is 0.804. The van der Waals surface area contributed by atoms with Crippen LogP contribution in [0, 0.1) is 0 Å². The van der Waals surface area contributed by atoms with E-state index >= 15 is 0 Å². The summed E-state index contributed by atoms with van der Waals surface area (Å²) >= 11 is 0. The largest absolute Gasteiger partial charge is 0.586 e. The number of halogens is 2. The number of aryl methyl sites for hydroxylation is 1. The fraction of sp³-hybridized carbons (Fsp3) is 0.696. The van der Waals surface area contributed by atoms with Crippen LogP contribution in [0.5, 0.6) is 11.5 Å². The first kappa shape index (κ1) is 22.6. The van der Waals surface area contributed by atoms with Crippen LogP contribution in [0.25, 0.3) is 0 Å². The number of ether oxygens (including phenoxy) is 2. The van der Waals surface area contributed by atoms with E-state index in [1.807, 2.05) is 6.07 Å². The molecule has 0 aromatic heterocycles. The number of fused-ring (bicyclic) bond motifs is 1. The van der Waals surface area contributed by atoms with E-state index in [0.29, 0.717) is 5.78 Å². The van der Waals surface area contributed by atoms with Gasteiger partial charge in [-0.1, -0.05) is 76.3 Å². The maximum Gasteiger partial charge on any atom is 0.586 e. The van der Waals surface area contributed by atoms with Crippen LogP contribution >= 0.6 is 0 Å². The number of hydrogen-bond donors (Lipinski definition) is 0. The predicted molar refractivity (Wildman–Crippen MR) is 107 cm³/mol. The van der Waals surface area contributed by atoms with Crippen LogP contribution in [-0.4, -0.2) is 12.1 Å². The molecule has 158 valence electrons. The van der Waals surface area contributed by atoms with Gasteiger partial charge in [0.1, 0.15) is 5.78 Å². The highest BCUT2D eigenvalue weighted by molar-refractivity contribution is 5.75. The van der Waals surface area contributed by atoms with Gasteiger partial charge in [-0.15, -0.1) is 8.78 Å². The molecule has 1 aromatic rings. The molecular formula is C23H34F2O3. The van der Waals surface area contributed by atoms with Crippen molar-refractivity contribution in [2.45, 2.75) is 103 Å². The van der Waals surface area contributed by atoms with Crippen molar-refractivity contribution in [3.63, 3.8) is 0 Å². The lowest BCUT2D eigenvalue weighted by Crippen LogP contribution is -2.26. The molecule has 3 nitrogen and oxygen atoms in total. The quantitative estimate of drug-likeness (QED) is 0.294. The second-order valence-electron chi connectivity index (χ2n) is 7.86. The molecule has 1 aliphatic rings. The Bertz CT molecular complexity index is 602. The third-order valence-electron chi connectivity index (χ3n) is 5.24. The summed E-state index contributed by atoms with van der Waals surface area (Å²) < 4.78 is 35.5. The van der Waals surface area contributed by atoms with Crippen LogP contribution in [-0.2, 0) is 11.2 Å². The van der Waals surface area contributed by atoms with Crippen LogP contribution < -0.4 is 9.47 Å². The Kier molecular flexibility index (Phi) is 9.72. The number of benzene rings is 1. The number of hydrogen-bond acceptors (Lipinski definition) is 3. The van der Waals surface area contributed by atoms with E-state index in [9.17, 15) is 13.6 Å². The van der Waals surface area contributed by atoms with Gasteiger partial charge in [0, 0.05) is 6.42 Å². The van der Waals surface area contributed by atoms with Crippen LogP contribution in [0.3, 0.4) is 0 Å². The number of Topliss-reactive ketones (excluding diaryl/α,β-unsaturated/α-hetero) is 1. The van der Waals surface area contributed by atoms with Crippen molar-refractivity contribution in [3.8, 4) is 11.5 Å². The normalized spacial score (nSPS) is 14.4. The Labute approximate surface area is 167 Å². The van der Waals surface area contributed by atoms with Crippen molar-refractivity contribution in [1.82, 2.24) is 0 Å². The molecule has 0 saturated carbocycles. The number of alkyl halides is 2. The van der Waals surface area contributed by atoms with E-state index in [0.717, 1.165) is 37.7 Å². The van der Waals surface area contributed by atoms with Crippen molar-refractivity contribution in [2.75, 3.05) is 0 Å². The van der Waals surface area contributed by atoms with Crippen molar-refractivity contribution in [1.29, 1.82) is 0 Å². The first-order valence-electron chi connectivity index (χ1n) is 10.8. The topological polar surface area (TPSA) is 35.5 Å². The summed E-state index contributed by atoms with van der Waals surface area (Å²) in [5, 5.41) is 0. The molecular weight excluding hydrogens is 362 g/mol. The second-order valence-corrected chi connectivity index (χ2v) is 7.86. The summed E-state index contributed by atoms with van der Waals surface area (Å²) in [6.07, 6.45) is 12.4. The van der Waals surface area contributed by atoms with Gasteiger partial charge in [-0.2, -0.15) is 0 Å². The second kappa shape index (κ2) is 12.0. The zero-order valence-corrected chi connectivity index (χ0v) is 17.1. The molecule has 0 bridgehead atoms. The van der Waals surface area contributed by atoms with Gasteiger partial charge >= 0.3 is 6.29 Å². The van der Waals surface area contributed by atoms with Gasteiger partial charge in [-0.05, 0) is 37.8 Å². The van der Waals surface area contributed by atoms with Crippen molar-refractivity contribution >= 4 is 5.78 Å². The smallest absolute Gasteiger partial charge is 0.395 e. The summed E-state index contributed by atoms with van der Waals surface area (Å²) in [6.45, 7) is 1.66. The maximum atomic E-state index is 13.2. The first-order valence-corrected chi connectivity index (χ1v) is 10.8. The number of para-hydroxylation sites is 1. The van der Waals surface area contributed by atoms with Crippen LogP contribution in [0.15, 0.2) is 18.2 Å². The van der Waals surface area contributed by atoms with Crippen LogP contribution in [0.4, 0.5) is 8.78 Å². The zero-order chi connectivity index (χ0) is 20.2. The Hall–Kier alpha value is -1.65. The number of rotatable bonds is 15. The molecule has 0 saturated heterocycles. The van der Waals surface area contributed by atoms with E-state index in [-0.39, 0.29) is 11.5 Å². The molecule has 0 unspecified atom stereocenters. The minimum Gasteiger partial charge on any atom is -0.395 e. The molecule has 0 amide bonds. The lowest BCUT2D eigenvalue weighted by atomic mass is 10.0. The number of carbonyl (C=O) groups is 1. The molecule has 28 heavy (non-hydrogen) atoms. The SMILES string of the molecule is CC(=O)CCCCCCCCCCCCCCc1cccc2c1OC(F)(F)O2. The van der Waals surface area contributed by atoms with Gasteiger partial charge < -0.3 is 14.3 Å². The van der Waals surface area contributed by atoms with Crippen LogP contribution in [0.2, 0.25) is 0 Å². The van der Waals surface area contributed by atoms with E-state index in [1.54, 1.807) is 13.0 Å². The van der Waals surface area contributed by atoms with Gasteiger partial charge in [-0.25, -0.2) is 0 Å².